The van der Waals surface area contributed by atoms with Crippen molar-refractivity contribution in [1.82, 2.24) is 14.8 Å². The van der Waals surface area contributed by atoms with E-state index >= 15 is 0 Å². The maximum Gasteiger partial charge on any atom is 0.431 e. The Morgan fingerprint density at radius 2 is 1.53 bits per heavy atom. The Hall–Kier alpha value is -4.58. The number of carbonyl (C=O) groups is 2. The minimum Gasteiger partial charge on any atom is -0.480 e. The van der Waals surface area contributed by atoms with Gasteiger partial charge in [0.15, 0.2) is 0 Å². The molecule has 3 aromatic carbocycles. The van der Waals surface area contributed by atoms with Gasteiger partial charge in [-0.05, 0) is 66.2 Å². The van der Waals surface area contributed by atoms with Gasteiger partial charge in [0.05, 0.1) is 0 Å². The molecule has 1 atom stereocenters. The predicted octanol–water partition coefficient (Wildman–Crippen LogP) is 5.03. The predicted molar refractivity (Wildman–Crippen MR) is 151 cm³/mol. The van der Waals surface area contributed by atoms with Crippen molar-refractivity contribution in [2.45, 2.75) is 25.1 Å². The van der Waals surface area contributed by atoms with Crippen LogP contribution in [0.3, 0.4) is 0 Å². The number of aromatic nitrogens is 1. The molecule has 4 rings (SSSR count). The first-order chi connectivity index (χ1) is 20.2. The first-order valence-corrected chi connectivity index (χ1v) is 13.1. The summed E-state index contributed by atoms with van der Waals surface area (Å²) in [7, 11) is 4.52. The highest BCUT2D eigenvalue weighted by molar-refractivity contribution is 5.99. The SMILES string of the molecule is CN(C)CCc1cc(-c2cccc3c(C[C@H](NC(=O)c4c(F)cccc4F)C(=O)O)cccc23)c(=O)n(C)c1C(F)(F)F. The quantitative estimate of drug-likeness (QED) is 0.263. The molecule has 1 aromatic heterocycles. The number of rotatable bonds is 9. The molecular formula is C31H28F5N3O4. The van der Waals surface area contributed by atoms with Gasteiger partial charge in [-0.15, -0.1) is 0 Å². The van der Waals surface area contributed by atoms with Crippen LogP contribution in [0.4, 0.5) is 22.0 Å². The zero-order chi connectivity index (χ0) is 31.6. The maximum atomic E-state index is 14.1. The number of aliphatic carboxylic acids is 1. The van der Waals surface area contributed by atoms with Gasteiger partial charge in [0, 0.05) is 25.6 Å². The number of fused-ring (bicyclic) bond motifs is 1. The van der Waals surface area contributed by atoms with Crippen LogP contribution in [-0.2, 0) is 30.9 Å². The minimum absolute atomic E-state index is 0.0293. The molecule has 0 saturated heterocycles. The van der Waals surface area contributed by atoms with Crippen LogP contribution in [0.25, 0.3) is 21.9 Å². The molecule has 0 unspecified atom stereocenters. The summed E-state index contributed by atoms with van der Waals surface area (Å²) in [4.78, 5) is 39.7. The van der Waals surface area contributed by atoms with Crippen molar-refractivity contribution in [2.24, 2.45) is 7.05 Å². The van der Waals surface area contributed by atoms with E-state index in [1.165, 1.54) is 6.07 Å². The third-order valence-electron chi connectivity index (χ3n) is 7.11. The van der Waals surface area contributed by atoms with Crippen LogP contribution in [-0.4, -0.2) is 53.1 Å². The van der Waals surface area contributed by atoms with Crippen LogP contribution >= 0.6 is 0 Å². The summed E-state index contributed by atoms with van der Waals surface area (Å²) in [5.74, 6) is -5.01. The summed E-state index contributed by atoms with van der Waals surface area (Å²) in [6, 6.07) is 12.1. The fourth-order valence-corrected chi connectivity index (χ4v) is 5.05. The van der Waals surface area contributed by atoms with Crippen molar-refractivity contribution in [3.63, 3.8) is 0 Å². The number of nitrogens with zero attached hydrogens (tertiary/aromatic N) is 2. The Morgan fingerprint density at radius 1 is 0.930 bits per heavy atom. The van der Waals surface area contributed by atoms with Gasteiger partial charge >= 0.3 is 12.1 Å². The standard InChI is InChI=1S/C31H28F5N3O4/c1-38(2)14-13-18-15-22(29(41)39(3)27(18)31(34,35)36)21-10-5-8-19-17(7-4-9-20(19)21)16-25(30(42)43)37-28(40)26-23(32)11-6-12-24(26)33/h4-12,15,25H,13-14,16H2,1-3H3,(H,37,40)(H,42,43)/t25-/m0/s1. The Labute approximate surface area is 243 Å². The fraction of sp³-hybridized carbons (Fsp3) is 0.258. The van der Waals surface area contributed by atoms with E-state index in [2.05, 4.69) is 5.32 Å². The van der Waals surface area contributed by atoms with Crippen molar-refractivity contribution < 1.29 is 36.6 Å². The molecule has 2 N–H and O–H groups in total. The Kier molecular flexibility index (Phi) is 9.00. The number of carbonyl (C=O) groups excluding carboxylic acids is 1. The van der Waals surface area contributed by atoms with E-state index in [1.54, 1.807) is 55.4 Å². The largest absolute Gasteiger partial charge is 0.480 e. The number of benzene rings is 3. The zero-order valence-corrected chi connectivity index (χ0v) is 23.4. The lowest BCUT2D eigenvalue weighted by molar-refractivity contribution is -0.144. The summed E-state index contributed by atoms with van der Waals surface area (Å²) in [5.41, 5.74) is -2.08. The molecular weight excluding hydrogens is 573 g/mol. The van der Waals surface area contributed by atoms with Gasteiger partial charge in [-0.25, -0.2) is 13.6 Å². The minimum atomic E-state index is -4.76. The first kappa shape index (κ1) is 31.4. The monoisotopic (exact) mass is 601 g/mol. The lowest BCUT2D eigenvalue weighted by Gasteiger charge is -2.20. The van der Waals surface area contributed by atoms with Gasteiger partial charge in [-0.1, -0.05) is 42.5 Å². The summed E-state index contributed by atoms with van der Waals surface area (Å²) in [6.45, 7) is 0.305. The van der Waals surface area contributed by atoms with Crippen molar-refractivity contribution in [3.8, 4) is 11.1 Å². The van der Waals surface area contributed by atoms with Gasteiger partial charge in [-0.2, -0.15) is 13.2 Å². The smallest absolute Gasteiger partial charge is 0.431 e. The second-order valence-corrected chi connectivity index (χ2v) is 10.3. The molecule has 0 fully saturated rings. The molecule has 43 heavy (non-hydrogen) atoms. The molecule has 12 heteroatoms. The third-order valence-corrected chi connectivity index (χ3v) is 7.11. The molecule has 7 nitrogen and oxygen atoms in total. The van der Waals surface area contributed by atoms with E-state index in [1.807, 2.05) is 0 Å². The molecule has 0 aliphatic heterocycles. The lowest BCUT2D eigenvalue weighted by Crippen LogP contribution is -2.43. The molecule has 0 bridgehead atoms. The molecule has 0 aliphatic carbocycles. The maximum absolute atomic E-state index is 14.1. The Morgan fingerprint density at radius 3 is 2.14 bits per heavy atom. The topological polar surface area (TPSA) is 91.6 Å². The number of pyridine rings is 1. The number of alkyl halides is 3. The van der Waals surface area contributed by atoms with Crippen LogP contribution in [0.1, 0.15) is 27.2 Å². The number of halogens is 5. The van der Waals surface area contributed by atoms with Crippen LogP contribution < -0.4 is 10.9 Å². The molecule has 0 saturated carbocycles. The van der Waals surface area contributed by atoms with E-state index in [0.29, 0.717) is 33.0 Å². The molecule has 0 aliphatic rings. The molecule has 226 valence electrons. The normalized spacial score (nSPS) is 12.5. The van der Waals surface area contributed by atoms with Crippen LogP contribution in [0, 0.1) is 11.6 Å². The van der Waals surface area contributed by atoms with E-state index in [9.17, 15) is 41.4 Å². The summed E-state index contributed by atoms with van der Waals surface area (Å²) < 4.78 is 70.8. The summed E-state index contributed by atoms with van der Waals surface area (Å²) in [6.07, 6.45) is -5.03. The van der Waals surface area contributed by atoms with Gasteiger partial charge in [0.2, 0.25) is 0 Å². The Bertz CT molecular complexity index is 1750. The number of carboxylic acids is 1. The second kappa shape index (κ2) is 12.3. The fourth-order valence-electron chi connectivity index (χ4n) is 5.05. The number of hydrogen-bond donors (Lipinski definition) is 2. The number of nitrogens with one attached hydrogen (secondary N) is 1. The van der Waals surface area contributed by atoms with E-state index in [-0.39, 0.29) is 24.0 Å². The van der Waals surface area contributed by atoms with Gasteiger partial charge in [0.25, 0.3) is 11.5 Å². The first-order valence-electron chi connectivity index (χ1n) is 13.1. The summed E-state index contributed by atoms with van der Waals surface area (Å²) in [5, 5.41) is 12.9. The van der Waals surface area contributed by atoms with Crippen molar-refractivity contribution >= 4 is 22.6 Å². The number of likely N-dealkylation sites (N-methyl/N-ethyl adjacent to an activating group) is 1. The molecule has 4 aromatic rings. The van der Waals surface area contributed by atoms with Crippen molar-refractivity contribution in [1.29, 1.82) is 0 Å². The van der Waals surface area contributed by atoms with Gasteiger partial charge in [0.1, 0.15) is 28.9 Å². The molecule has 1 heterocycles. The average Bonchev–Trinajstić information content (AvgIpc) is 2.92. The average molecular weight is 602 g/mol. The van der Waals surface area contributed by atoms with Gasteiger partial charge < -0.3 is 19.9 Å². The Balaban J connectivity index is 1.79. The second-order valence-electron chi connectivity index (χ2n) is 10.3. The van der Waals surface area contributed by atoms with Crippen LogP contribution in [0.5, 0.6) is 0 Å². The van der Waals surface area contributed by atoms with Crippen molar-refractivity contribution in [3.05, 3.63) is 105 Å². The van der Waals surface area contributed by atoms with Crippen LogP contribution in [0.15, 0.2) is 65.5 Å². The van der Waals surface area contributed by atoms with E-state index in [4.69, 9.17) is 0 Å². The van der Waals surface area contributed by atoms with Crippen molar-refractivity contribution in [2.75, 3.05) is 20.6 Å². The van der Waals surface area contributed by atoms with Crippen LogP contribution in [0.2, 0.25) is 0 Å². The molecule has 0 radical (unpaired) electrons. The molecule has 1 amide bonds. The number of hydrogen-bond acceptors (Lipinski definition) is 4. The highest BCUT2D eigenvalue weighted by atomic mass is 19.4. The van der Waals surface area contributed by atoms with E-state index < -0.39 is 52.5 Å². The highest BCUT2D eigenvalue weighted by Crippen LogP contribution is 2.35. The number of amides is 1. The highest BCUT2D eigenvalue weighted by Gasteiger charge is 2.37. The summed E-state index contributed by atoms with van der Waals surface area (Å²) >= 11 is 0. The van der Waals surface area contributed by atoms with Gasteiger partial charge in [-0.3, -0.25) is 9.59 Å². The third kappa shape index (κ3) is 6.59. The molecule has 0 spiro atoms. The van der Waals surface area contributed by atoms with E-state index in [0.717, 1.165) is 25.2 Å². The number of carboxylic acid groups (broad SMARTS) is 1. The lowest BCUT2D eigenvalue weighted by atomic mass is 9.92. The zero-order valence-electron chi connectivity index (χ0n) is 23.4.